The van der Waals surface area contributed by atoms with E-state index in [2.05, 4.69) is 4.98 Å². The topological polar surface area (TPSA) is 67.7 Å². The van der Waals surface area contributed by atoms with Gasteiger partial charge in [0.1, 0.15) is 11.4 Å². The first kappa shape index (κ1) is 29.2. The van der Waals surface area contributed by atoms with Gasteiger partial charge in [0.2, 0.25) is 5.92 Å². The van der Waals surface area contributed by atoms with E-state index in [0.29, 0.717) is 0 Å². The van der Waals surface area contributed by atoms with Gasteiger partial charge in [-0.3, -0.25) is 4.57 Å². The number of carbonyl (C=O) groups is 1. The van der Waals surface area contributed by atoms with Crippen LogP contribution < -0.4 is 10.6 Å². The molecule has 0 radical (unpaired) electrons. The number of benzene rings is 1. The molecule has 7 nitrogen and oxygen atoms in total. The van der Waals surface area contributed by atoms with Crippen molar-refractivity contribution in [2.75, 3.05) is 23.7 Å². The Kier molecular flexibility index (Phi) is 6.84. The van der Waals surface area contributed by atoms with E-state index in [1.54, 1.807) is 44.4 Å². The molecule has 1 aromatic carbocycles. The molecule has 2 aliphatic heterocycles. The Balaban J connectivity index is 1.63. The van der Waals surface area contributed by atoms with Crippen LogP contribution in [0.5, 0.6) is 0 Å². The first-order valence-electron chi connectivity index (χ1n) is 12.9. The van der Waals surface area contributed by atoms with Gasteiger partial charge in [0.15, 0.2) is 0 Å². The number of carbonyl (C=O) groups excluding carboxylic acids is 1. The highest BCUT2D eigenvalue weighted by Crippen LogP contribution is 2.58. The Bertz CT molecular complexity index is 1430. The number of amides is 1. The third kappa shape index (κ3) is 5.12. The molecule has 1 spiro atoms. The minimum absolute atomic E-state index is 0.0347. The van der Waals surface area contributed by atoms with Crippen molar-refractivity contribution in [1.29, 1.82) is 0 Å². The number of rotatable bonds is 1. The van der Waals surface area contributed by atoms with Crippen LogP contribution >= 0.6 is 23.4 Å². The lowest BCUT2D eigenvalue weighted by Gasteiger charge is -2.47. The molecular formula is C26H30ClF5N4O3S. The van der Waals surface area contributed by atoms with Crippen molar-refractivity contribution in [3.05, 3.63) is 27.1 Å². The van der Waals surface area contributed by atoms with Crippen molar-refractivity contribution in [2.24, 2.45) is 5.41 Å². The lowest BCUT2D eigenvalue weighted by Crippen LogP contribution is -2.59. The maximum atomic E-state index is 14.2. The van der Waals surface area contributed by atoms with Gasteiger partial charge < -0.3 is 14.5 Å². The minimum Gasteiger partial charge on any atom is -0.444 e. The van der Waals surface area contributed by atoms with E-state index >= 15 is 0 Å². The maximum absolute atomic E-state index is 14.2. The number of anilines is 1. The summed E-state index contributed by atoms with van der Waals surface area (Å²) in [5.74, 6) is -2.76. The first-order valence-corrected chi connectivity index (χ1v) is 14.3. The third-order valence-electron chi connectivity index (χ3n) is 7.61. The molecule has 40 heavy (non-hydrogen) atoms. The van der Waals surface area contributed by atoms with E-state index in [-0.39, 0.29) is 47.0 Å². The fourth-order valence-corrected chi connectivity index (χ4v) is 7.69. The van der Waals surface area contributed by atoms with E-state index in [0.717, 1.165) is 17.8 Å². The monoisotopic (exact) mass is 608 g/mol. The second-order valence-electron chi connectivity index (χ2n) is 12.2. The maximum Gasteiger partial charge on any atom is 0.417 e. The van der Waals surface area contributed by atoms with Crippen LogP contribution in [0.25, 0.3) is 10.9 Å². The van der Waals surface area contributed by atoms with Crippen molar-refractivity contribution in [3.8, 4) is 0 Å². The van der Waals surface area contributed by atoms with Gasteiger partial charge in [0, 0.05) is 61.1 Å². The molecule has 1 amide bonds. The van der Waals surface area contributed by atoms with Gasteiger partial charge in [-0.2, -0.15) is 18.2 Å². The fourth-order valence-electron chi connectivity index (χ4n) is 5.94. The van der Waals surface area contributed by atoms with Crippen LogP contribution in [0.3, 0.4) is 0 Å². The van der Waals surface area contributed by atoms with Crippen LogP contribution in [0.2, 0.25) is 5.02 Å². The molecule has 1 saturated carbocycles. The zero-order valence-electron chi connectivity index (χ0n) is 22.7. The molecule has 14 heteroatoms. The number of halogens is 6. The molecule has 1 aliphatic carbocycles. The second kappa shape index (κ2) is 9.37. The normalized spacial score (nSPS) is 24.2. The Morgan fingerprint density at radius 2 is 1.80 bits per heavy atom. The summed E-state index contributed by atoms with van der Waals surface area (Å²) in [5.41, 5.74) is -3.34. The number of piperazine rings is 1. The van der Waals surface area contributed by atoms with Gasteiger partial charge in [-0.25, -0.2) is 18.4 Å². The number of thioether (sulfide) groups is 1. The van der Waals surface area contributed by atoms with E-state index in [1.807, 2.05) is 0 Å². The highest BCUT2D eigenvalue weighted by molar-refractivity contribution is 7.99. The van der Waals surface area contributed by atoms with Gasteiger partial charge >= 0.3 is 18.0 Å². The second-order valence-corrected chi connectivity index (χ2v) is 13.6. The summed E-state index contributed by atoms with van der Waals surface area (Å²) in [4.78, 5) is 33.8. The van der Waals surface area contributed by atoms with Crippen molar-refractivity contribution < 1.29 is 31.5 Å². The summed E-state index contributed by atoms with van der Waals surface area (Å²) in [6.45, 7) is 9.08. The van der Waals surface area contributed by atoms with Crippen LogP contribution in [0.4, 0.5) is 32.6 Å². The van der Waals surface area contributed by atoms with Crippen molar-refractivity contribution in [1.82, 2.24) is 14.5 Å². The summed E-state index contributed by atoms with van der Waals surface area (Å²) in [6, 6.07) is 0.0488. The first-order chi connectivity index (χ1) is 18.3. The third-order valence-corrected chi connectivity index (χ3v) is 9.56. The lowest BCUT2D eigenvalue weighted by atomic mass is 9.67. The van der Waals surface area contributed by atoms with E-state index in [4.69, 9.17) is 16.3 Å². The highest BCUT2D eigenvalue weighted by atomic mass is 35.5. The Morgan fingerprint density at radius 1 is 1.15 bits per heavy atom. The van der Waals surface area contributed by atoms with E-state index in [9.17, 15) is 31.5 Å². The molecule has 2 atom stereocenters. The predicted octanol–water partition coefficient (Wildman–Crippen LogP) is 6.42. The summed E-state index contributed by atoms with van der Waals surface area (Å²) in [7, 11) is 0. The smallest absolute Gasteiger partial charge is 0.417 e. The zero-order chi connectivity index (χ0) is 29.6. The molecule has 2 aromatic rings. The molecule has 3 heterocycles. The number of hydrogen-bond donors (Lipinski definition) is 0. The van der Waals surface area contributed by atoms with E-state index < -0.39 is 70.4 Å². The van der Waals surface area contributed by atoms with Gasteiger partial charge in [0.25, 0.3) is 0 Å². The molecule has 0 unspecified atom stereocenters. The number of aromatic nitrogens is 2. The Morgan fingerprint density at radius 3 is 2.38 bits per heavy atom. The SMILES string of the molecule is C[C@@H]1CN(c2nc(=O)n3c4c(c(Cl)c(C(F)(F)F)cc24)SCC2(C3)CC(F)(F)C2)[C@@H](C)CN1C(=O)OC(C)(C)C. The molecule has 0 bridgehead atoms. The average Bonchev–Trinajstić information content (AvgIpc) is 2.95. The van der Waals surface area contributed by atoms with Gasteiger partial charge in [0.05, 0.1) is 21.0 Å². The van der Waals surface area contributed by atoms with Crippen LogP contribution in [-0.4, -0.2) is 63.0 Å². The highest BCUT2D eigenvalue weighted by Gasteiger charge is 2.57. The van der Waals surface area contributed by atoms with Crippen LogP contribution in [0.15, 0.2) is 15.8 Å². The van der Waals surface area contributed by atoms with Crippen molar-refractivity contribution in [2.45, 2.75) is 88.7 Å². The summed E-state index contributed by atoms with van der Waals surface area (Å²) in [5, 5.41) is -0.499. The molecule has 1 aromatic heterocycles. The van der Waals surface area contributed by atoms with Gasteiger partial charge in [-0.1, -0.05) is 11.6 Å². The zero-order valence-corrected chi connectivity index (χ0v) is 24.2. The Labute approximate surface area is 237 Å². The van der Waals surface area contributed by atoms with E-state index in [1.165, 1.54) is 4.57 Å². The Hall–Kier alpha value is -2.28. The summed E-state index contributed by atoms with van der Waals surface area (Å²) in [6.07, 6.45) is -6.26. The van der Waals surface area contributed by atoms with Gasteiger partial charge in [-0.15, -0.1) is 11.8 Å². The standard InChI is InChI=1S/C26H30ClF5N4O3S/c1-13-8-35(22(38)39-23(3,4)5)14(2)7-34(13)20-15-6-16(26(30,31)32)17(27)19-18(15)36(21(37)33-20)11-24(12-40-19)9-25(28,29)10-24/h6,13-14H,7-12H2,1-5H3/t13-,14+/m0/s1. The van der Waals surface area contributed by atoms with Crippen LogP contribution in [0.1, 0.15) is 53.0 Å². The number of alkyl halides is 5. The molecule has 220 valence electrons. The molecule has 0 N–H and O–H groups in total. The molecule has 1 saturated heterocycles. The molecular weight excluding hydrogens is 579 g/mol. The predicted molar refractivity (Wildman–Crippen MR) is 143 cm³/mol. The lowest BCUT2D eigenvalue weighted by molar-refractivity contribution is -0.156. The largest absolute Gasteiger partial charge is 0.444 e. The van der Waals surface area contributed by atoms with Crippen LogP contribution in [0, 0.1) is 5.41 Å². The average molecular weight is 609 g/mol. The number of hydrogen-bond acceptors (Lipinski definition) is 6. The quantitative estimate of drug-likeness (QED) is 0.348. The summed E-state index contributed by atoms with van der Waals surface area (Å²) < 4.78 is 77.1. The fraction of sp³-hybridized carbons (Fsp3) is 0.654. The van der Waals surface area contributed by atoms with Crippen LogP contribution in [-0.2, 0) is 17.5 Å². The van der Waals surface area contributed by atoms with Crippen molar-refractivity contribution >= 4 is 46.2 Å². The molecule has 5 rings (SSSR count). The van der Waals surface area contributed by atoms with Gasteiger partial charge in [-0.05, 0) is 40.7 Å². The molecule has 2 fully saturated rings. The minimum atomic E-state index is -4.80. The number of nitrogens with zero attached hydrogens (tertiary/aromatic N) is 4. The number of ether oxygens (including phenoxy) is 1. The molecule has 3 aliphatic rings. The van der Waals surface area contributed by atoms with Crippen molar-refractivity contribution in [3.63, 3.8) is 0 Å². The summed E-state index contributed by atoms with van der Waals surface area (Å²) >= 11 is 7.29.